The van der Waals surface area contributed by atoms with Gasteiger partial charge in [0.15, 0.2) is 0 Å². The Morgan fingerprint density at radius 2 is 1.79 bits per heavy atom. The second kappa shape index (κ2) is 6.36. The van der Waals surface area contributed by atoms with Crippen LogP contribution >= 0.6 is 19.2 Å². The predicted octanol–water partition coefficient (Wildman–Crippen LogP) is 2.92. The van der Waals surface area contributed by atoms with Crippen molar-refractivity contribution in [2.45, 2.75) is 20.8 Å². The van der Waals surface area contributed by atoms with Gasteiger partial charge in [0.1, 0.15) is 11.1 Å². The van der Waals surface area contributed by atoms with Crippen molar-refractivity contribution < 1.29 is 18.4 Å². The first-order chi connectivity index (χ1) is 6.51. The lowest BCUT2D eigenvalue weighted by Gasteiger charge is -2.16. The molecular weight excluding hydrogens is 227 g/mol. The maximum atomic E-state index is 11.9. The average Bonchev–Trinajstić information content (AvgIpc) is 2.16. The Bertz CT molecular complexity index is 265. The van der Waals surface area contributed by atoms with Gasteiger partial charge in [0.05, 0.1) is 13.2 Å². The van der Waals surface area contributed by atoms with Crippen LogP contribution in [0.5, 0.6) is 0 Å². The molecule has 0 aromatic heterocycles. The predicted molar refractivity (Wildman–Crippen MR) is 55.5 cm³/mol. The van der Waals surface area contributed by atoms with Crippen LogP contribution in [0.2, 0.25) is 0 Å². The van der Waals surface area contributed by atoms with Crippen molar-refractivity contribution in [2.75, 3.05) is 13.2 Å². The van der Waals surface area contributed by atoms with Gasteiger partial charge in [-0.1, -0.05) is 11.6 Å². The first-order valence-corrected chi connectivity index (χ1v) is 6.15. The molecule has 0 N–H and O–H groups in total. The molecule has 0 aromatic carbocycles. The van der Waals surface area contributed by atoms with Crippen LogP contribution in [0.25, 0.3) is 0 Å². The van der Waals surface area contributed by atoms with E-state index in [1.807, 2.05) is 0 Å². The van der Waals surface area contributed by atoms with E-state index in [-0.39, 0.29) is 23.6 Å². The van der Waals surface area contributed by atoms with Crippen LogP contribution in [0.1, 0.15) is 20.8 Å². The highest BCUT2D eigenvalue weighted by atomic mass is 35.5. The molecule has 14 heavy (non-hydrogen) atoms. The van der Waals surface area contributed by atoms with Crippen molar-refractivity contribution in [1.29, 1.82) is 0 Å². The summed E-state index contributed by atoms with van der Waals surface area (Å²) in [6, 6.07) is 0. The van der Waals surface area contributed by atoms with Crippen molar-refractivity contribution in [2.24, 2.45) is 0 Å². The largest absolute Gasteiger partial charge is 0.372 e. The molecule has 0 heterocycles. The zero-order chi connectivity index (χ0) is 11.2. The van der Waals surface area contributed by atoms with Gasteiger partial charge in [-0.3, -0.25) is 9.36 Å². The molecule has 0 atom stereocenters. The summed E-state index contributed by atoms with van der Waals surface area (Å²) in [7, 11) is -3.47. The number of carbonyl (C=O) groups excluding carboxylic acids is 1. The number of aldehydes is 1. The van der Waals surface area contributed by atoms with Gasteiger partial charge in [-0.05, 0) is 20.8 Å². The third-order valence-corrected chi connectivity index (χ3v) is 4.29. The van der Waals surface area contributed by atoms with E-state index in [2.05, 4.69) is 0 Å². The van der Waals surface area contributed by atoms with Crippen LogP contribution in [-0.4, -0.2) is 19.5 Å². The minimum Gasteiger partial charge on any atom is -0.305 e. The summed E-state index contributed by atoms with van der Waals surface area (Å²) < 4.78 is 21.7. The molecule has 82 valence electrons. The summed E-state index contributed by atoms with van der Waals surface area (Å²) in [6.45, 7) is 5.22. The summed E-state index contributed by atoms with van der Waals surface area (Å²) in [5, 5.41) is 0. The van der Waals surface area contributed by atoms with Crippen LogP contribution in [0.3, 0.4) is 0 Å². The van der Waals surface area contributed by atoms with Gasteiger partial charge in [-0.15, -0.1) is 0 Å². The lowest BCUT2D eigenvalue weighted by Crippen LogP contribution is -1.97. The van der Waals surface area contributed by atoms with Gasteiger partial charge >= 0.3 is 7.60 Å². The fourth-order valence-electron chi connectivity index (χ4n) is 0.755. The third-order valence-electron chi connectivity index (χ3n) is 1.34. The van der Waals surface area contributed by atoms with E-state index in [9.17, 15) is 9.36 Å². The highest BCUT2D eigenvalue weighted by Gasteiger charge is 2.29. The van der Waals surface area contributed by atoms with Crippen LogP contribution in [0.4, 0.5) is 0 Å². The molecule has 0 fully saturated rings. The number of hydrogen-bond acceptors (Lipinski definition) is 4. The number of allylic oxidation sites excluding steroid dienone is 1. The lowest BCUT2D eigenvalue weighted by molar-refractivity contribution is -0.104. The summed E-state index contributed by atoms with van der Waals surface area (Å²) in [5.74, 6) is 0. The minimum atomic E-state index is -3.47. The normalized spacial score (nSPS) is 13.7. The number of carbonyl (C=O) groups is 1. The van der Waals surface area contributed by atoms with Gasteiger partial charge in [0.25, 0.3) is 0 Å². The second-order valence-corrected chi connectivity index (χ2v) is 5.02. The number of hydrogen-bond donors (Lipinski definition) is 0. The molecule has 0 aliphatic heterocycles. The Kier molecular flexibility index (Phi) is 6.29. The maximum absolute atomic E-state index is 11.9. The first kappa shape index (κ1) is 13.8. The molecule has 0 unspecified atom stereocenters. The molecule has 0 aromatic rings. The van der Waals surface area contributed by atoms with Crippen molar-refractivity contribution in [3.8, 4) is 0 Å². The molecule has 0 rings (SSSR count). The number of rotatable bonds is 6. The highest BCUT2D eigenvalue weighted by Crippen LogP contribution is 2.58. The van der Waals surface area contributed by atoms with Gasteiger partial charge in [0, 0.05) is 5.57 Å². The van der Waals surface area contributed by atoms with Crippen LogP contribution in [0.15, 0.2) is 10.3 Å². The first-order valence-electron chi connectivity index (χ1n) is 4.23. The van der Waals surface area contributed by atoms with Crippen molar-refractivity contribution in [3.63, 3.8) is 0 Å². The van der Waals surface area contributed by atoms with E-state index in [1.54, 1.807) is 13.8 Å². The molecule has 0 aliphatic carbocycles. The molecule has 4 nitrogen and oxygen atoms in total. The van der Waals surface area contributed by atoms with Crippen molar-refractivity contribution in [1.82, 2.24) is 0 Å². The quantitative estimate of drug-likeness (QED) is 0.407. The summed E-state index contributed by atoms with van der Waals surface area (Å²) in [4.78, 5) is 10.4. The fraction of sp³-hybridized carbons (Fsp3) is 0.625. The number of halogens is 1. The summed E-state index contributed by atoms with van der Waals surface area (Å²) in [6.07, 6.45) is 0.521. The maximum Gasteiger partial charge on any atom is 0.372 e. The smallest absolute Gasteiger partial charge is 0.305 e. The molecule has 0 amide bonds. The minimum absolute atomic E-state index is 0.142. The SMILES string of the molecule is CCOP(=O)(OCC)/C(Cl)=C(\C)C=O. The van der Waals surface area contributed by atoms with Gasteiger partial charge in [-0.25, -0.2) is 0 Å². The molecule has 0 aliphatic rings. The monoisotopic (exact) mass is 240 g/mol. The van der Waals surface area contributed by atoms with Crippen LogP contribution in [-0.2, 0) is 18.4 Å². The Morgan fingerprint density at radius 3 is 2.07 bits per heavy atom. The van der Waals surface area contributed by atoms with Gasteiger partial charge < -0.3 is 9.05 Å². The Morgan fingerprint density at radius 1 is 1.36 bits per heavy atom. The van der Waals surface area contributed by atoms with Gasteiger partial charge in [-0.2, -0.15) is 0 Å². The lowest BCUT2D eigenvalue weighted by atomic mass is 10.4. The van der Waals surface area contributed by atoms with Crippen LogP contribution < -0.4 is 0 Å². The summed E-state index contributed by atoms with van der Waals surface area (Å²) >= 11 is 5.73. The van der Waals surface area contributed by atoms with Crippen molar-refractivity contribution in [3.05, 3.63) is 10.3 Å². The van der Waals surface area contributed by atoms with E-state index >= 15 is 0 Å². The highest BCUT2D eigenvalue weighted by molar-refractivity contribution is 7.61. The van der Waals surface area contributed by atoms with E-state index in [1.165, 1.54) is 6.92 Å². The second-order valence-electron chi connectivity index (χ2n) is 2.42. The molecule has 0 saturated carbocycles. The molecule has 0 spiro atoms. The molecular formula is C8H14ClO4P. The zero-order valence-corrected chi connectivity index (χ0v) is 10.1. The summed E-state index contributed by atoms with van der Waals surface area (Å²) in [5.41, 5.74) is 0.164. The average molecular weight is 241 g/mol. The van der Waals surface area contributed by atoms with Crippen molar-refractivity contribution >= 4 is 25.5 Å². The molecule has 0 radical (unpaired) electrons. The third kappa shape index (κ3) is 3.54. The fourth-order valence-corrected chi connectivity index (χ4v) is 2.56. The van der Waals surface area contributed by atoms with E-state index < -0.39 is 7.60 Å². The van der Waals surface area contributed by atoms with E-state index in [4.69, 9.17) is 20.6 Å². The Balaban J connectivity index is 5.00. The van der Waals surface area contributed by atoms with Gasteiger partial charge in [0.2, 0.25) is 0 Å². The van der Waals surface area contributed by atoms with E-state index in [0.717, 1.165) is 0 Å². The molecule has 6 heteroatoms. The topological polar surface area (TPSA) is 52.6 Å². The Labute approximate surface area is 88.8 Å². The molecule has 0 saturated heterocycles. The standard InChI is InChI=1S/C8H14ClO4P/c1-4-12-14(11,13-5-2)8(9)7(3)6-10/h6H,4-5H2,1-3H3/b8-7+. The Hall–Kier alpha value is -0.150. The zero-order valence-electron chi connectivity index (χ0n) is 8.45. The molecule has 0 bridgehead atoms. The van der Waals surface area contributed by atoms with Crippen LogP contribution in [0, 0.1) is 0 Å². The van der Waals surface area contributed by atoms with E-state index in [0.29, 0.717) is 6.29 Å².